The summed E-state index contributed by atoms with van der Waals surface area (Å²) in [5.74, 6) is 0. The van der Waals surface area contributed by atoms with E-state index >= 15 is 0 Å². The third-order valence-electron chi connectivity index (χ3n) is 3.51. The lowest BCUT2D eigenvalue weighted by Gasteiger charge is -2.14. The fraction of sp³-hybridized carbons (Fsp3) is 0.176. The molecule has 1 nitrogen and oxygen atoms in total. The molecule has 2 aromatic carbocycles. The Labute approximate surface area is 131 Å². The third kappa shape index (κ3) is 2.95. The Kier molecular flexibility index (Phi) is 4.20. The normalized spacial score (nSPS) is 12.7. The van der Waals surface area contributed by atoms with Crippen LogP contribution in [0, 0.1) is 0 Å². The van der Waals surface area contributed by atoms with Gasteiger partial charge >= 0.3 is 0 Å². The van der Waals surface area contributed by atoms with Crippen LogP contribution in [0.15, 0.2) is 58.4 Å². The molecule has 1 N–H and O–H groups in total. The van der Waals surface area contributed by atoms with Crippen molar-refractivity contribution in [2.45, 2.75) is 19.5 Å². The molecule has 1 aromatic heterocycles. The molecule has 0 fully saturated rings. The maximum Gasteiger partial charge on any atom is 0.0346 e. The molecule has 0 radical (unpaired) electrons. The first kappa shape index (κ1) is 13.8. The first-order chi connectivity index (χ1) is 9.74. The van der Waals surface area contributed by atoms with Crippen LogP contribution >= 0.6 is 27.3 Å². The van der Waals surface area contributed by atoms with Crippen molar-refractivity contribution in [1.82, 2.24) is 5.32 Å². The van der Waals surface area contributed by atoms with E-state index in [1.54, 1.807) is 0 Å². The topological polar surface area (TPSA) is 12.0 Å². The molecule has 0 aliphatic rings. The SMILES string of the molecule is C[C@@H](NCc1csc2ccccc12)c1cccc(Br)c1. The minimum absolute atomic E-state index is 0.339. The van der Waals surface area contributed by atoms with E-state index in [2.05, 4.69) is 82.1 Å². The second kappa shape index (κ2) is 6.08. The van der Waals surface area contributed by atoms with Gasteiger partial charge < -0.3 is 5.32 Å². The second-order valence-corrected chi connectivity index (χ2v) is 6.74. The highest BCUT2D eigenvalue weighted by Gasteiger charge is 2.07. The molecule has 0 bridgehead atoms. The summed E-state index contributed by atoms with van der Waals surface area (Å²) in [5, 5.41) is 7.23. The number of benzene rings is 2. The monoisotopic (exact) mass is 345 g/mol. The van der Waals surface area contributed by atoms with Gasteiger partial charge in [-0.2, -0.15) is 0 Å². The molecule has 20 heavy (non-hydrogen) atoms. The minimum atomic E-state index is 0.339. The van der Waals surface area contributed by atoms with E-state index in [1.807, 2.05) is 11.3 Å². The summed E-state index contributed by atoms with van der Waals surface area (Å²) in [5.41, 5.74) is 2.69. The van der Waals surface area contributed by atoms with E-state index in [0.717, 1.165) is 11.0 Å². The Morgan fingerprint density at radius 3 is 2.85 bits per heavy atom. The predicted molar refractivity (Wildman–Crippen MR) is 91.2 cm³/mol. The number of nitrogens with one attached hydrogen (secondary N) is 1. The molecule has 1 atom stereocenters. The summed E-state index contributed by atoms with van der Waals surface area (Å²) in [6.45, 7) is 3.11. The predicted octanol–water partition coefficient (Wildman–Crippen LogP) is 5.51. The standard InChI is InChI=1S/C17H16BrNS/c1-12(13-5-4-6-15(18)9-13)19-10-14-11-20-17-8-3-2-7-16(14)17/h2-9,11-12,19H,10H2,1H3/t12-/m1/s1. The van der Waals surface area contributed by atoms with Gasteiger partial charge in [-0.3, -0.25) is 0 Å². The van der Waals surface area contributed by atoms with Crippen molar-refractivity contribution >= 4 is 37.4 Å². The van der Waals surface area contributed by atoms with Crippen molar-refractivity contribution in [1.29, 1.82) is 0 Å². The van der Waals surface area contributed by atoms with Crippen LogP contribution < -0.4 is 5.32 Å². The zero-order chi connectivity index (χ0) is 13.9. The average Bonchev–Trinajstić information content (AvgIpc) is 2.88. The average molecular weight is 346 g/mol. The Morgan fingerprint density at radius 1 is 1.15 bits per heavy atom. The molecule has 1 heterocycles. The summed E-state index contributed by atoms with van der Waals surface area (Å²) < 4.78 is 2.49. The van der Waals surface area contributed by atoms with Crippen LogP contribution in [0.5, 0.6) is 0 Å². The number of hydrogen-bond donors (Lipinski definition) is 1. The van der Waals surface area contributed by atoms with Gasteiger partial charge in [-0.05, 0) is 47.0 Å². The Balaban J connectivity index is 1.73. The Morgan fingerprint density at radius 2 is 2.00 bits per heavy atom. The van der Waals surface area contributed by atoms with Crippen molar-refractivity contribution in [2.75, 3.05) is 0 Å². The zero-order valence-electron chi connectivity index (χ0n) is 11.3. The quantitative estimate of drug-likeness (QED) is 0.656. The second-order valence-electron chi connectivity index (χ2n) is 4.91. The van der Waals surface area contributed by atoms with Crippen molar-refractivity contribution in [3.63, 3.8) is 0 Å². The van der Waals surface area contributed by atoms with Gasteiger partial charge in [0.2, 0.25) is 0 Å². The third-order valence-corrected chi connectivity index (χ3v) is 5.01. The van der Waals surface area contributed by atoms with Crippen LogP contribution in [-0.2, 0) is 6.54 Å². The fourth-order valence-electron chi connectivity index (χ4n) is 2.33. The largest absolute Gasteiger partial charge is 0.306 e. The van der Waals surface area contributed by atoms with Gasteiger partial charge in [0.1, 0.15) is 0 Å². The van der Waals surface area contributed by atoms with Gasteiger partial charge in [0.15, 0.2) is 0 Å². The van der Waals surface area contributed by atoms with Gasteiger partial charge in [0, 0.05) is 21.8 Å². The lowest BCUT2D eigenvalue weighted by atomic mass is 10.1. The van der Waals surface area contributed by atoms with E-state index in [1.165, 1.54) is 21.2 Å². The summed E-state index contributed by atoms with van der Waals surface area (Å²) in [7, 11) is 0. The van der Waals surface area contributed by atoms with Gasteiger partial charge in [-0.25, -0.2) is 0 Å². The number of hydrogen-bond acceptors (Lipinski definition) is 2. The lowest BCUT2D eigenvalue weighted by Crippen LogP contribution is -2.17. The summed E-state index contributed by atoms with van der Waals surface area (Å²) >= 11 is 5.34. The number of rotatable bonds is 4. The van der Waals surface area contributed by atoms with Crippen molar-refractivity contribution in [3.8, 4) is 0 Å². The molecule has 0 saturated heterocycles. The van der Waals surface area contributed by atoms with Crippen LogP contribution in [0.3, 0.4) is 0 Å². The maximum atomic E-state index is 3.61. The van der Waals surface area contributed by atoms with E-state index in [9.17, 15) is 0 Å². The molecule has 102 valence electrons. The van der Waals surface area contributed by atoms with Gasteiger partial charge in [0.05, 0.1) is 0 Å². The number of fused-ring (bicyclic) bond motifs is 1. The van der Waals surface area contributed by atoms with Crippen LogP contribution in [-0.4, -0.2) is 0 Å². The fourth-order valence-corrected chi connectivity index (χ4v) is 3.71. The molecule has 0 aliphatic heterocycles. The highest BCUT2D eigenvalue weighted by atomic mass is 79.9. The summed E-state index contributed by atoms with van der Waals surface area (Å²) in [6.07, 6.45) is 0. The molecule has 0 unspecified atom stereocenters. The summed E-state index contributed by atoms with van der Waals surface area (Å²) in [6, 6.07) is 17.4. The minimum Gasteiger partial charge on any atom is -0.306 e. The first-order valence-corrected chi connectivity index (χ1v) is 8.35. The van der Waals surface area contributed by atoms with Crippen LogP contribution in [0.25, 0.3) is 10.1 Å². The summed E-state index contributed by atoms with van der Waals surface area (Å²) in [4.78, 5) is 0. The molecule has 0 spiro atoms. The smallest absolute Gasteiger partial charge is 0.0346 e. The van der Waals surface area contributed by atoms with Crippen molar-refractivity contribution < 1.29 is 0 Å². The maximum absolute atomic E-state index is 3.61. The molecule has 0 amide bonds. The van der Waals surface area contributed by atoms with Crippen LogP contribution in [0.2, 0.25) is 0 Å². The van der Waals surface area contributed by atoms with E-state index in [0.29, 0.717) is 6.04 Å². The van der Waals surface area contributed by atoms with Gasteiger partial charge in [0.25, 0.3) is 0 Å². The number of thiophene rings is 1. The van der Waals surface area contributed by atoms with E-state index in [4.69, 9.17) is 0 Å². The van der Waals surface area contributed by atoms with Crippen molar-refractivity contribution in [3.05, 3.63) is 69.5 Å². The van der Waals surface area contributed by atoms with E-state index in [-0.39, 0.29) is 0 Å². The molecule has 3 aromatic rings. The lowest BCUT2D eigenvalue weighted by molar-refractivity contribution is 0.577. The molecule has 3 rings (SSSR count). The molecule has 0 saturated carbocycles. The van der Waals surface area contributed by atoms with Gasteiger partial charge in [-0.1, -0.05) is 46.3 Å². The first-order valence-electron chi connectivity index (χ1n) is 6.68. The highest BCUT2D eigenvalue weighted by molar-refractivity contribution is 9.10. The van der Waals surface area contributed by atoms with E-state index < -0.39 is 0 Å². The molecular weight excluding hydrogens is 330 g/mol. The molecular formula is C17H16BrNS. The Hall–Kier alpha value is -1.16. The molecule has 3 heteroatoms. The molecule has 0 aliphatic carbocycles. The van der Waals surface area contributed by atoms with Crippen LogP contribution in [0.1, 0.15) is 24.1 Å². The van der Waals surface area contributed by atoms with Gasteiger partial charge in [-0.15, -0.1) is 11.3 Å². The number of halogens is 1. The van der Waals surface area contributed by atoms with Crippen LogP contribution in [0.4, 0.5) is 0 Å². The highest BCUT2D eigenvalue weighted by Crippen LogP contribution is 2.26. The zero-order valence-corrected chi connectivity index (χ0v) is 13.7. The Bertz CT molecular complexity index is 720. The van der Waals surface area contributed by atoms with Crippen molar-refractivity contribution in [2.24, 2.45) is 0 Å².